The first-order valence-electron chi connectivity index (χ1n) is 12.3. The highest BCUT2D eigenvalue weighted by atomic mass is 19.1. The first-order chi connectivity index (χ1) is 16.0. The van der Waals surface area contributed by atoms with Gasteiger partial charge in [0.15, 0.2) is 0 Å². The van der Waals surface area contributed by atoms with Gasteiger partial charge in [-0.2, -0.15) is 5.26 Å². The normalized spacial score (nSPS) is 34.7. The van der Waals surface area contributed by atoms with Crippen LogP contribution < -0.4 is 5.73 Å². The molecule has 1 aromatic carbocycles. The maximum Gasteiger partial charge on any atom is 0.242 e. The molecule has 8 heteroatoms. The molecule has 1 aromatic rings. The summed E-state index contributed by atoms with van der Waals surface area (Å²) in [7, 11) is 0. The third-order valence-corrected chi connectivity index (χ3v) is 8.68. The van der Waals surface area contributed by atoms with Crippen LogP contribution in [0, 0.1) is 29.0 Å². The molecule has 5 aliphatic rings. The second kappa shape index (κ2) is 7.78. The van der Waals surface area contributed by atoms with Crippen LogP contribution in [0.4, 0.5) is 4.39 Å². The monoisotopic (exact) mass is 451 g/mol. The number of likely N-dealkylation sites (tertiary alicyclic amines) is 3. The molecule has 3 saturated heterocycles. The first kappa shape index (κ1) is 21.1. The minimum atomic E-state index is -0.722. The molecule has 4 unspecified atom stereocenters. The van der Waals surface area contributed by atoms with Crippen molar-refractivity contribution in [2.45, 2.75) is 74.8 Å². The average molecular weight is 452 g/mol. The second-order valence-corrected chi connectivity index (χ2v) is 10.6. The molecule has 33 heavy (non-hydrogen) atoms. The molecule has 2 N–H and O–H groups in total. The molecule has 2 aliphatic carbocycles. The number of piperazine rings is 1. The Morgan fingerprint density at radius 1 is 1.21 bits per heavy atom. The summed E-state index contributed by atoms with van der Waals surface area (Å²) in [6.45, 7) is 1.05. The summed E-state index contributed by atoms with van der Waals surface area (Å²) in [5.74, 6) is 0.557. The zero-order valence-corrected chi connectivity index (χ0v) is 18.6. The van der Waals surface area contributed by atoms with Crippen molar-refractivity contribution in [3.8, 4) is 6.07 Å². The molecule has 2 amide bonds. The third kappa shape index (κ3) is 3.36. The van der Waals surface area contributed by atoms with Crippen LogP contribution in [0.15, 0.2) is 24.3 Å². The molecule has 6 rings (SSSR count). The molecule has 3 heterocycles. The van der Waals surface area contributed by atoms with Crippen molar-refractivity contribution in [3.05, 3.63) is 35.6 Å². The van der Waals surface area contributed by atoms with Gasteiger partial charge in [-0.1, -0.05) is 18.6 Å². The van der Waals surface area contributed by atoms with Crippen molar-refractivity contribution in [3.63, 3.8) is 0 Å². The molecular formula is C25H30FN5O2. The lowest BCUT2D eigenvalue weighted by atomic mass is 9.76. The van der Waals surface area contributed by atoms with E-state index in [-0.39, 0.29) is 47.8 Å². The highest BCUT2D eigenvalue weighted by molar-refractivity contribution is 5.87. The molecule has 0 aromatic heterocycles. The molecule has 2 bridgehead atoms. The van der Waals surface area contributed by atoms with Crippen LogP contribution in [0.5, 0.6) is 0 Å². The Balaban J connectivity index is 1.15. The zero-order valence-electron chi connectivity index (χ0n) is 18.6. The van der Waals surface area contributed by atoms with Gasteiger partial charge in [-0.3, -0.25) is 14.5 Å². The number of piperidine rings is 1. The summed E-state index contributed by atoms with van der Waals surface area (Å²) >= 11 is 0. The van der Waals surface area contributed by atoms with Crippen LogP contribution in [0.2, 0.25) is 0 Å². The Morgan fingerprint density at radius 3 is 2.61 bits per heavy atom. The number of amides is 2. The van der Waals surface area contributed by atoms with Crippen molar-refractivity contribution < 1.29 is 14.0 Å². The van der Waals surface area contributed by atoms with Crippen molar-refractivity contribution in [1.82, 2.24) is 14.7 Å². The van der Waals surface area contributed by atoms with E-state index in [2.05, 4.69) is 11.0 Å². The lowest BCUT2D eigenvalue weighted by Crippen LogP contribution is -2.58. The van der Waals surface area contributed by atoms with E-state index in [1.54, 1.807) is 4.90 Å². The predicted octanol–water partition coefficient (Wildman–Crippen LogP) is 1.79. The molecule has 5 fully saturated rings. The van der Waals surface area contributed by atoms with E-state index in [1.165, 1.54) is 18.6 Å². The fourth-order valence-corrected chi connectivity index (χ4v) is 6.74. The van der Waals surface area contributed by atoms with E-state index < -0.39 is 6.04 Å². The Kier molecular flexibility index (Phi) is 4.96. The number of halogens is 1. The number of nitrogens with two attached hydrogens (primary N) is 1. The van der Waals surface area contributed by atoms with E-state index in [9.17, 15) is 19.2 Å². The van der Waals surface area contributed by atoms with Gasteiger partial charge in [0, 0.05) is 25.2 Å². The molecule has 2 saturated carbocycles. The molecular weight excluding hydrogens is 421 g/mol. The standard InChI is InChI=1S/C25H30FN5O2/c26-17-6-4-15(5-7-17)23(14-2-1-3-14)31-19-10-22(25(31)33)29(12-19)13-20(28)24(32)30-18(11-27)8-16-9-21(16)30/h4-7,14,16,18-23H,1-3,8-10,12-13,28H2/t16-,18?,19?,20?,21+,22+,23?/m1/s1. The van der Waals surface area contributed by atoms with Crippen molar-refractivity contribution in [2.24, 2.45) is 17.6 Å². The van der Waals surface area contributed by atoms with Gasteiger partial charge >= 0.3 is 0 Å². The fraction of sp³-hybridized carbons (Fsp3) is 0.640. The van der Waals surface area contributed by atoms with Crippen molar-refractivity contribution in [2.75, 3.05) is 13.1 Å². The smallest absolute Gasteiger partial charge is 0.242 e. The minimum Gasteiger partial charge on any atom is -0.330 e. The van der Waals surface area contributed by atoms with Crippen LogP contribution >= 0.6 is 0 Å². The highest BCUT2D eigenvalue weighted by Gasteiger charge is 2.56. The number of benzene rings is 1. The summed E-state index contributed by atoms with van der Waals surface area (Å²) in [5, 5.41) is 9.40. The number of hydrogen-bond donors (Lipinski definition) is 1. The number of hydrogen-bond acceptors (Lipinski definition) is 5. The van der Waals surface area contributed by atoms with Gasteiger partial charge in [-0.25, -0.2) is 4.39 Å². The Hall–Kier alpha value is -2.50. The number of carbonyl (C=O) groups is 2. The minimum absolute atomic E-state index is 0.00732. The molecule has 0 radical (unpaired) electrons. The number of carbonyl (C=O) groups excluding carboxylic acids is 2. The maximum absolute atomic E-state index is 13.5. The van der Waals surface area contributed by atoms with Gasteiger partial charge < -0.3 is 15.5 Å². The van der Waals surface area contributed by atoms with Gasteiger partial charge in [0.05, 0.1) is 24.2 Å². The molecule has 7 nitrogen and oxygen atoms in total. The SMILES string of the molecule is N#CC1C[C@@H]2C[C@@H]2N1C(=O)C(N)CN1CC2C[C@H]1C(=O)N2C(c1ccc(F)cc1)C1CCC1. The molecule has 3 aliphatic heterocycles. The predicted molar refractivity (Wildman–Crippen MR) is 118 cm³/mol. The Morgan fingerprint density at radius 2 is 1.97 bits per heavy atom. The van der Waals surface area contributed by atoms with Crippen LogP contribution in [-0.4, -0.2) is 69.8 Å². The molecule has 0 spiro atoms. The van der Waals surface area contributed by atoms with Gasteiger partial charge in [0.2, 0.25) is 11.8 Å². The zero-order chi connectivity index (χ0) is 22.9. The van der Waals surface area contributed by atoms with E-state index in [4.69, 9.17) is 5.73 Å². The number of nitriles is 1. The van der Waals surface area contributed by atoms with E-state index >= 15 is 0 Å². The average Bonchev–Trinajstić information content (AvgIpc) is 3.11. The lowest BCUT2D eigenvalue weighted by Gasteiger charge is -2.45. The number of fused-ring (bicyclic) bond motifs is 3. The fourth-order valence-electron chi connectivity index (χ4n) is 6.74. The summed E-state index contributed by atoms with van der Waals surface area (Å²) in [6.07, 6.45) is 5.83. The highest BCUT2D eigenvalue weighted by Crippen LogP contribution is 2.49. The van der Waals surface area contributed by atoms with Gasteiger partial charge in [-0.15, -0.1) is 0 Å². The van der Waals surface area contributed by atoms with Crippen LogP contribution in [-0.2, 0) is 9.59 Å². The van der Waals surface area contributed by atoms with E-state index in [0.29, 0.717) is 24.9 Å². The third-order valence-electron chi connectivity index (χ3n) is 8.68. The van der Waals surface area contributed by atoms with Crippen LogP contribution in [0.25, 0.3) is 0 Å². The molecule has 7 atom stereocenters. The summed E-state index contributed by atoms with van der Waals surface area (Å²) in [6, 6.07) is 7.77. The quantitative estimate of drug-likeness (QED) is 0.712. The Bertz CT molecular complexity index is 1010. The van der Waals surface area contributed by atoms with E-state index in [1.807, 2.05) is 17.0 Å². The summed E-state index contributed by atoms with van der Waals surface area (Å²) < 4.78 is 13.5. The van der Waals surface area contributed by atoms with E-state index in [0.717, 1.165) is 37.7 Å². The first-order valence-corrected chi connectivity index (χ1v) is 12.3. The van der Waals surface area contributed by atoms with Crippen molar-refractivity contribution >= 4 is 11.8 Å². The van der Waals surface area contributed by atoms with Crippen LogP contribution in [0.1, 0.15) is 50.1 Å². The maximum atomic E-state index is 13.5. The van der Waals surface area contributed by atoms with Crippen LogP contribution in [0.3, 0.4) is 0 Å². The second-order valence-electron chi connectivity index (χ2n) is 10.6. The van der Waals surface area contributed by atoms with Crippen molar-refractivity contribution in [1.29, 1.82) is 5.26 Å². The lowest BCUT2D eigenvalue weighted by molar-refractivity contribution is -0.143. The Labute approximate surface area is 193 Å². The van der Waals surface area contributed by atoms with Gasteiger partial charge in [0.25, 0.3) is 0 Å². The summed E-state index contributed by atoms with van der Waals surface area (Å²) in [5.41, 5.74) is 7.34. The molecule has 174 valence electrons. The summed E-state index contributed by atoms with van der Waals surface area (Å²) in [4.78, 5) is 32.4. The number of nitrogens with zero attached hydrogens (tertiary/aromatic N) is 4. The number of rotatable bonds is 6. The largest absolute Gasteiger partial charge is 0.330 e. The topological polar surface area (TPSA) is 93.7 Å². The van der Waals surface area contributed by atoms with Gasteiger partial charge in [-0.05, 0) is 61.6 Å². The van der Waals surface area contributed by atoms with Gasteiger partial charge in [0.1, 0.15) is 11.9 Å².